The Morgan fingerprint density at radius 1 is 0.934 bits per heavy atom. The molecule has 10 rings (SSSR count). The van der Waals surface area contributed by atoms with Crippen molar-refractivity contribution in [1.29, 1.82) is 5.26 Å². The minimum atomic E-state index is -1.35. The van der Waals surface area contributed by atoms with E-state index in [0.717, 1.165) is 38.9 Å². The summed E-state index contributed by atoms with van der Waals surface area (Å²) in [6.45, 7) is 9.64. The molecule has 7 heterocycles. The van der Waals surface area contributed by atoms with E-state index < -0.39 is 40.6 Å². The maximum atomic E-state index is 15.1. The van der Waals surface area contributed by atoms with E-state index in [9.17, 15) is 10.1 Å². The number of likely N-dealkylation sites (N-methyl/N-ethyl adjacent to an activating group) is 1. The van der Waals surface area contributed by atoms with Crippen LogP contribution in [0.1, 0.15) is 82.6 Å². The second-order valence-electron chi connectivity index (χ2n) is 17.4. The van der Waals surface area contributed by atoms with E-state index in [1.807, 2.05) is 13.8 Å². The number of hydrogen-bond donors (Lipinski definition) is 1. The van der Waals surface area contributed by atoms with Crippen molar-refractivity contribution in [2.45, 2.75) is 94.1 Å². The molecule has 15 nitrogen and oxygen atoms in total. The average Bonchev–Trinajstić information content (AvgIpc) is 3.71. The van der Waals surface area contributed by atoms with E-state index in [4.69, 9.17) is 42.6 Å². The van der Waals surface area contributed by atoms with Crippen LogP contribution in [0, 0.1) is 25.2 Å². The molecule has 7 aliphatic heterocycles. The number of carbonyl (C=O) groups is 2. The van der Waals surface area contributed by atoms with Crippen LogP contribution in [0.4, 0.5) is 4.79 Å². The fourth-order valence-electron chi connectivity index (χ4n) is 10.8. The van der Waals surface area contributed by atoms with E-state index in [0.29, 0.717) is 53.7 Å². The van der Waals surface area contributed by atoms with Crippen LogP contribution in [0.25, 0.3) is 0 Å². The van der Waals surface area contributed by atoms with Gasteiger partial charge < -0.3 is 42.6 Å². The smallest absolute Gasteiger partial charge is 0.496 e. The predicted octanol–water partition coefficient (Wildman–Crippen LogP) is 5.98. The van der Waals surface area contributed by atoms with Crippen LogP contribution in [0.3, 0.4) is 0 Å². The quantitative estimate of drug-likeness (QED) is 0.236. The summed E-state index contributed by atoms with van der Waals surface area (Å²) in [7, 11) is 8.57. The topological polar surface area (TPSA) is 160 Å². The van der Waals surface area contributed by atoms with E-state index >= 15 is 4.79 Å². The van der Waals surface area contributed by atoms with Crippen LogP contribution in [0.2, 0.25) is 0 Å². The summed E-state index contributed by atoms with van der Waals surface area (Å²) in [5.74, 6) is 3.33. The molecule has 0 amide bonds. The first kappa shape index (κ1) is 41.3. The largest absolute Gasteiger partial charge is 0.514 e. The van der Waals surface area contributed by atoms with Crippen molar-refractivity contribution < 1.29 is 52.2 Å². The normalized spacial score (nSPS) is 27.4. The third-order valence-electron chi connectivity index (χ3n) is 13.1. The second-order valence-corrected chi connectivity index (χ2v) is 18.6. The molecule has 61 heavy (non-hydrogen) atoms. The van der Waals surface area contributed by atoms with Gasteiger partial charge in [-0.15, -0.1) is 11.8 Å². The van der Waals surface area contributed by atoms with Crippen LogP contribution in [0.5, 0.6) is 40.2 Å². The lowest BCUT2D eigenvalue weighted by Gasteiger charge is -2.62. The SMILES string of the molecule is COc1cc2c(cc1OC(=O)OC(C)(C)C)CCN[C@]21CS[C@@H]2c3c(OC)c(C)c4c(c3[C@H](COC1=O)N1C2[C@@H]2c3c(cc(C)c(OC)c3OC)C[C@@H]([C@@H]1C#N)N2C)OCO4. The maximum absolute atomic E-state index is 15.1. The molecule has 0 radical (unpaired) electrons. The number of thioether (sulfide) groups is 1. The highest BCUT2D eigenvalue weighted by Crippen LogP contribution is 2.64. The molecule has 16 heteroatoms. The van der Waals surface area contributed by atoms with Gasteiger partial charge in [-0.1, -0.05) is 6.07 Å². The summed E-state index contributed by atoms with van der Waals surface area (Å²) in [6.07, 6.45) is 0.278. The molecule has 0 aromatic heterocycles. The number of esters is 1. The number of carbonyl (C=O) groups excluding carboxylic acids is 2. The van der Waals surface area contributed by atoms with E-state index in [1.165, 1.54) is 7.11 Å². The Kier molecular flexibility index (Phi) is 10.2. The number of hydrogen-bond acceptors (Lipinski definition) is 16. The molecule has 7 atom stereocenters. The van der Waals surface area contributed by atoms with Crippen LogP contribution in [-0.4, -0.2) is 107 Å². The molecule has 2 saturated heterocycles. The lowest BCUT2D eigenvalue weighted by molar-refractivity contribution is -0.157. The molecule has 2 fully saturated rings. The Hall–Kier alpha value is -5.08. The standard InChI is InChI=1S/C45H52N4O11S/c1-21-13-24-14-26-27(17-46)49-28-18-56-42(50)45(25-16-29(52-7)30(15-23(25)11-12-47-45)59-43(51)60-44(3,4)5)19-61-41(33-32(28)40-38(57-20-58-40)22(2)37(33)54-9)35(49)34(48(26)6)31(24)39(55-10)36(21)53-8/h13,15-16,26-28,34-35,41,47H,11-12,14,18-20H2,1-10H3/t26-,27-,28-,34-,35?,41+,45+/m0/s1. The number of nitriles is 1. The van der Waals surface area contributed by atoms with Gasteiger partial charge in [-0.25, -0.2) is 9.59 Å². The van der Waals surface area contributed by atoms with Crippen molar-refractivity contribution in [3.8, 4) is 46.3 Å². The van der Waals surface area contributed by atoms with Crippen molar-refractivity contribution in [2.24, 2.45) is 0 Å². The van der Waals surface area contributed by atoms with Gasteiger partial charge in [-0.05, 0) is 88.9 Å². The molecule has 3 aromatic carbocycles. The highest BCUT2D eigenvalue weighted by atomic mass is 32.2. The molecular formula is C45H52N4O11S. The van der Waals surface area contributed by atoms with Crippen molar-refractivity contribution >= 4 is 23.9 Å². The van der Waals surface area contributed by atoms with Crippen LogP contribution in [0.15, 0.2) is 18.2 Å². The number of ether oxygens (including phenoxy) is 9. The number of aryl methyl sites for hydroxylation is 1. The van der Waals surface area contributed by atoms with Gasteiger partial charge in [-0.3, -0.25) is 15.1 Å². The second kappa shape index (κ2) is 15.1. The first-order valence-electron chi connectivity index (χ1n) is 20.5. The minimum absolute atomic E-state index is 0.0220. The van der Waals surface area contributed by atoms with E-state index in [2.05, 4.69) is 34.3 Å². The molecule has 1 spiro atoms. The molecule has 7 aliphatic rings. The van der Waals surface area contributed by atoms with Gasteiger partial charge in [-0.2, -0.15) is 5.26 Å². The van der Waals surface area contributed by atoms with Crippen LogP contribution < -0.4 is 38.5 Å². The number of nitrogens with zero attached hydrogens (tertiary/aromatic N) is 3. The Morgan fingerprint density at radius 2 is 1.67 bits per heavy atom. The zero-order chi connectivity index (χ0) is 43.3. The first-order chi connectivity index (χ1) is 29.2. The number of methoxy groups -OCH3 is 4. The molecule has 1 unspecified atom stereocenters. The Labute approximate surface area is 359 Å². The molecule has 0 aliphatic carbocycles. The summed E-state index contributed by atoms with van der Waals surface area (Å²) in [5, 5.41) is 14.5. The molecule has 1 N–H and O–H groups in total. The van der Waals surface area contributed by atoms with E-state index in [-0.39, 0.29) is 48.8 Å². The molecule has 324 valence electrons. The number of benzene rings is 3. The van der Waals surface area contributed by atoms with Crippen LogP contribution in [-0.2, 0) is 32.6 Å². The van der Waals surface area contributed by atoms with Crippen molar-refractivity contribution in [1.82, 2.24) is 15.1 Å². The fourth-order valence-corrected chi connectivity index (χ4v) is 12.5. The molecule has 4 bridgehead atoms. The Bertz CT molecular complexity index is 2380. The zero-order valence-electron chi connectivity index (χ0n) is 36.2. The Morgan fingerprint density at radius 3 is 2.36 bits per heavy atom. The van der Waals surface area contributed by atoms with Gasteiger partial charge in [0.15, 0.2) is 40.0 Å². The van der Waals surface area contributed by atoms with Gasteiger partial charge in [0.2, 0.25) is 6.79 Å². The lowest BCUT2D eigenvalue weighted by Crippen LogP contribution is -2.69. The third-order valence-corrected chi connectivity index (χ3v) is 14.6. The first-order valence-corrected chi connectivity index (χ1v) is 21.6. The van der Waals surface area contributed by atoms with Gasteiger partial charge in [0.05, 0.1) is 51.8 Å². The van der Waals surface area contributed by atoms with Crippen LogP contribution >= 0.6 is 11.8 Å². The summed E-state index contributed by atoms with van der Waals surface area (Å²) in [4.78, 5) is 32.5. The fraction of sp³-hybridized carbons (Fsp3) is 0.533. The number of fused-ring (bicyclic) bond motifs is 9. The van der Waals surface area contributed by atoms with E-state index in [1.54, 1.807) is 66.0 Å². The third kappa shape index (κ3) is 6.17. The van der Waals surface area contributed by atoms with Gasteiger partial charge in [0, 0.05) is 46.6 Å². The van der Waals surface area contributed by atoms with Crippen molar-refractivity contribution in [2.75, 3.05) is 61.2 Å². The lowest BCUT2D eigenvalue weighted by atomic mass is 9.71. The Balaban J connectivity index is 1.26. The van der Waals surface area contributed by atoms with Gasteiger partial charge in [0.25, 0.3) is 0 Å². The van der Waals surface area contributed by atoms with Crippen molar-refractivity contribution in [3.63, 3.8) is 0 Å². The summed E-state index contributed by atoms with van der Waals surface area (Å²) >= 11 is 1.60. The average molecular weight is 857 g/mol. The zero-order valence-corrected chi connectivity index (χ0v) is 37.0. The maximum Gasteiger partial charge on any atom is 0.514 e. The molecule has 0 saturated carbocycles. The highest BCUT2D eigenvalue weighted by molar-refractivity contribution is 7.99. The monoisotopic (exact) mass is 856 g/mol. The molecule has 3 aromatic rings. The highest BCUT2D eigenvalue weighted by Gasteiger charge is 2.62. The minimum Gasteiger partial charge on any atom is -0.496 e. The summed E-state index contributed by atoms with van der Waals surface area (Å²) in [5.41, 5.74) is 4.92. The van der Waals surface area contributed by atoms with Gasteiger partial charge >= 0.3 is 12.1 Å². The van der Waals surface area contributed by atoms with Gasteiger partial charge in [0.1, 0.15) is 24.0 Å². The number of piperazine rings is 1. The summed E-state index contributed by atoms with van der Waals surface area (Å²) in [6, 6.07) is 6.29. The number of rotatable bonds is 5. The van der Waals surface area contributed by atoms with Crippen molar-refractivity contribution in [3.05, 3.63) is 62.7 Å². The number of nitrogens with one attached hydrogen (secondary N) is 1. The predicted molar refractivity (Wildman–Crippen MR) is 223 cm³/mol. The molecular weight excluding hydrogens is 805 g/mol. The summed E-state index contributed by atoms with van der Waals surface area (Å²) < 4.78 is 54.6.